The van der Waals surface area contributed by atoms with Gasteiger partial charge in [0.1, 0.15) is 17.9 Å². The highest BCUT2D eigenvalue weighted by Gasteiger charge is 2.42. The Bertz CT molecular complexity index is 824. The number of morpholine rings is 1. The lowest BCUT2D eigenvalue weighted by atomic mass is 10.1. The number of carbonyl (C=O) groups excluding carboxylic acids is 2. The molecule has 2 aliphatic rings. The number of amides is 2. The summed E-state index contributed by atoms with van der Waals surface area (Å²) in [6, 6.07) is 12.7. The molecule has 1 aromatic heterocycles. The highest BCUT2D eigenvalue weighted by atomic mass is 16.5. The molecular weight excluding hydrogens is 370 g/mol. The van der Waals surface area contributed by atoms with Gasteiger partial charge in [-0.1, -0.05) is 30.3 Å². The molecule has 0 bridgehead atoms. The number of nitrogens with zero attached hydrogens (tertiary/aromatic N) is 3. The fourth-order valence-electron chi connectivity index (χ4n) is 3.87. The Morgan fingerprint density at radius 3 is 2.62 bits per heavy atom. The SMILES string of the molecule is O=C([C@H]1C[C@H](Oc2cccnc2)CN1C(=O)Cc1ccccc1)N1CCOCC1. The quantitative estimate of drug-likeness (QED) is 0.768. The number of benzene rings is 1. The van der Waals surface area contributed by atoms with Crippen LogP contribution in [0.1, 0.15) is 12.0 Å². The molecule has 0 spiro atoms. The summed E-state index contributed by atoms with van der Waals surface area (Å²) in [6.07, 6.45) is 3.84. The van der Waals surface area contributed by atoms with E-state index in [1.807, 2.05) is 36.4 Å². The Balaban J connectivity index is 1.49. The van der Waals surface area contributed by atoms with Crippen LogP contribution in [0.5, 0.6) is 5.75 Å². The fourth-order valence-corrected chi connectivity index (χ4v) is 3.87. The van der Waals surface area contributed by atoms with E-state index in [1.54, 1.807) is 28.3 Å². The summed E-state index contributed by atoms with van der Waals surface area (Å²) in [4.78, 5) is 33.8. The molecule has 4 rings (SSSR count). The van der Waals surface area contributed by atoms with Gasteiger partial charge in [0.2, 0.25) is 11.8 Å². The summed E-state index contributed by atoms with van der Waals surface area (Å²) in [5.74, 6) is 0.569. The van der Waals surface area contributed by atoms with Crippen molar-refractivity contribution in [2.45, 2.75) is 25.0 Å². The highest BCUT2D eigenvalue weighted by molar-refractivity contribution is 5.89. The summed E-state index contributed by atoms with van der Waals surface area (Å²) in [7, 11) is 0. The van der Waals surface area contributed by atoms with E-state index in [0.29, 0.717) is 45.0 Å². The standard InChI is InChI=1S/C22H25N3O4/c26-21(13-17-5-2-1-3-6-17)25-16-19(29-18-7-4-8-23-15-18)14-20(25)22(27)24-9-11-28-12-10-24/h1-8,15,19-20H,9-14,16H2/t19-,20+/m0/s1. The van der Waals surface area contributed by atoms with Gasteiger partial charge in [-0.15, -0.1) is 0 Å². The Hall–Kier alpha value is -2.93. The molecule has 1 aromatic carbocycles. The van der Waals surface area contributed by atoms with Crippen molar-refractivity contribution < 1.29 is 19.1 Å². The van der Waals surface area contributed by atoms with Crippen LogP contribution in [0.25, 0.3) is 0 Å². The van der Waals surface area contributed by atoms with Crippen molar-refractivity contribution in [3.8, 4) is 5.75 Å². The van der Waals surface area contributed by atoms with Gasteiger partial charge in [0.25, 0.3) is 0 Å². The van der Waals surface area contributed by atoms with E-state index in [4.69, 9.17) is 9.47 Å². The number of rotatable bonds is 5. The van der Waals surface area contributed by atoms with Crippen molar-refractivity contribution >= 4 is 11.8 Å². The molecule has 29 heavy (non-hydrogen) atoms. The molecule has 3 heterocycles. The second-order valence-corrected chi connectivity index (χ2v) is 7.33. The number of pyridine rings is 1. The van der Waals surface area contributed by atoms with E-state index in [-0.39, 0.29) is 24.3 Å². The maximum atomic E-state index is 13.2. The smallest absolute Gasteiger partial charge is 0.245 e. The molecule has 2 atom stereocenters. The predicted molar refractivity (Wildman–Crippen MR) is 106 cm³/mol. The molecule has 2 amide bonds. The zero-order valence-electron chi connectivity index (χ0n) is 16.3. The third kappa shape index (κ3) is 4.74. The van der Waals surface area contributed by atoms with Crippen molar-refractivity contribution in [2.24, 2.45) is 0 Å². The van der Waals surface area contributed by atoms with Crippen LogP contribution in [-0.2, 0) is 20.7 Å². The molecule has 2 fully saturated rings. The minimum atomic E-state index is -0.508. The van der Waals surface area contributed by atoms with Crippen molar-refractivity contribution in [3.05, 3.63) is 60.4 Å². The zero-order valence-corrected chi connectivity index (χ0v) is 16.3. The van der Waals surface area contributed by atoms with E-state index in [2.05, 4.69) is 4.98 Å². The highest BCUT2D eigenvalue weighted by Crippen LogP contribution is 2.25. The van der Waals surface area contributed by atoms with Crippen LogP contribution < -0.4 is 4.74 Å². The Labute approximate surface area is 170 Å². The molecule has 0 radical (unpaired) electrons. The van der Waals surface area contributed by atoms with Gasteiger partial charge in [-0.2, -0.15) is 0 Å². The number of aromatic nitrogens is 1. The Morgan fingerprint density at radius 1 is 1.10 bits per heavy atom. The number of hydrogen-bond acceptors (Lipinski definition) is 5. The first-order valence-electron chi connectivity index (χ1n) is 9.97. The Morgan fingerprint density at radius 2 is 1.90 bits per heavy atom. The molecule has 0 unspecified atom stereocenters. The molecule has 0 N–H and O–H groups in total. The zero-order chi connectivity index (χ0) is 20.1. The van der Waals surface area contributed by atoms with Gasteiger partial charge < -0.3 is 19.3 Å². The van der Waals surface area contributed by atoms with Crippen LogP contribution in [0.2, 0.25) is 0 Å². The van der Waals surface area contributed by atoms with Gasteiger partial charge >= 0.3 is 0 Å². The number of hydrogen-bond donors (Lipinski definition) is 0. The molecule has 2 aromatic rings. The van der Waals surface area contributed by atoms with E-state index < -0.39 is 6.04 Å². The maximum Gasteiger partial charge on any atom is 0.245 e. The molecule has 0 saturated carbocycles. The molecule has 0 aliphatic carbocycles. The first kappa shape index (κ1) is 19.4. The molecular formula is C22H25N3O4. The minimum Gasteiger partial charge on any atom is -0.487 e. The number of likely N-dealkylation sites (tertiary alicyclic amines) is 1. The summed E-state index contributed by atoms with van der Waals surface area (Å²) in [6.45, 7) is 2.58. The normalized spacial score (nSPS) is 21.8. The van der Waals surface area contributed by atoms with Gasteiger partial charge in [0.15, 0.2) is 0 Å². The third-order valence-electron chi connectivity index (χ3n) is 5.33. The lowest BCUT2D eigenvalue weighted by Crippen LogP contribution is -2.51. The molecule has 2 saturated heterocycles. The van der Waals surface area contributed by atoms with E-state index in [1.165, 1.54) is 0 Å². The van der Waals surface area contributed by atoms with Crippen LogP contribution in [0.3, 0.4) is 0 Å². The topological polar surface area (TPSA) is 72.0 Å². The number of ether oxygens (including phenoxy) is 2. The number of carbonyl (C=O) groups is 2. The van der Waals surface area contributed by atoms with Crippen LogP contribution in [0, 0.1) is 0 Å². The van der Waals surface area contributed by atoms with Crippen molar-refractivity contribution in [2.75, 3.05) is 32.8 Å². The molecule has 2 aliphatic heterocycles. The monoisotopic (exact) mass is 395 g/mol. The van der Waals surface area contributed by atoms with Gasteiger partial charge in [0, 0.05) is 25.7 Å². The van der Waals surface area contributed by atoms with E-state index in [9.17, 15) is 9.59 Å². The summed E-state index contributed by atoms with van der Waals surface area (Å²) in [5.41, 5.74) is 0.937. The second-order valence-electron chi connectivity index (χ2n) is 7.33. The minimum absolute atomic E-state index is 0.0213. The second kappa shape index (κ2) is 9.05. The van der Waals surface area contributed by atoms with Crippen molar-refractivity contribution in [1.82, 2.24) is 14.8 Å². The largest absolute Gasteiger partial charge is 0.487 e. The molecule has 152 valence electrons. The first-order valence-corrected chi connectivity index (χ1v) is 9.97. The summed E-state index contributed by atoms with van der Waals surface area (Å²) >= 11 is 0. The van der Waals surface area contributed by atoms with Crippen molar-refractivity contribution in [1.29, 1.82) is 0 Å². The van der Waals surface area contributed by atoms with E-state index >= 15 is 0 Å². The molecule has 7 nitrogen and oxygen atoms in total. The van der Waals surface area contributed by atoms with Crippen LogP contribution in [0.15, 0.2) is 54.9 Å². The lowest BCUT2D eigenvalue weighted by molar-refractivity contribution is -0.146. The average molecular weight is 395 g/mol. The fraction of sp³-hybridized carbons (Fsp3) is 0.409. The molecule has 7 heteroatoms. The first-order chi connectivity index (χ1) is 14.2. The van der Waals surface area contributed by atoms with Gasteiger partial charge in [-0.05, 0) is 17.7 Å². The summed E-state index contributed by atoms with van der Waals surface area (Å²) in [5, 5.41) is 0. The van der Waals surface area contributed by atoms with E-state index in [0.717, 1.165) is 5.56 Å². The maximum absolute atomic E-state index is 13.2. The lowest BCUT2D eigenvalue weighted by Gasteiger charge is -2.32. The van der Waals surface area contributed by atoms with Gasteiger partial charge in [-0.25, -0.2) is 0 Å². The Kier molecular flexibility index (Phi) is 6.05. The predicted octanol–water partition coefficient (Wildman–Crippen LogP) is 1.53. The summed E-state index contributed by atoms with van der Waals surface area (Å²) < 4.78 is 11.4. The van der Waals surface area contributed by atoms with Gasteiger partial charge in [0.05, 0.1) is 32.4 Å². The van der Waals surface area contributed by atoms with Crippen LogP contribution in [-0.4, -0.2) is 71.6 Å². The van der Waals surface area contributed by atoms with Crippen LogP contribution in [0.4, 0.5) is 0 Å². The average Bonchev–Trinajstić information content (AvgIpc) is 3.19. The van der Waals surface area contributed by atoms with Crippen molar-refractivity contribution in [3.63, 3.8) is 0 Å². The third-order valence-corrected chi connectivity index (χ3v) is 5.33. The van der Waals surface area contributed by atoms with Gasteiger partial charge in [-0.3, -0.25) is 14.6 Å². The van der Waals surface area contributed by atoms with Crippen LogP contribution >= 0.6 is 0 Å².